The lowest BCUT2D eigenvalue weighted by Crippen LogP contribution is -2.39. The summed E-state index contributed by atoms with van der Waals surface area (Å²) in [5, 5.41) is 12.1. The van der Waals surface area contributed by atoms with Gasteiger partial charge in [0.05, 0.1) is 11.0 Å². The Balaban J connectivity index is 2.07. The van der Waals surface area contributed by atoms with Crippen molar-refractivity contribution < 1.29 is 9.66 Å². The molecule has 0 N–H and O–H groups in total. The standard InChI is InChI=1S/C17H21N3O3/c1-3-23-13-6-5-9-19(11-13)16-10-12(2)18-17-14(16)7-4-8-15(17)20(21)22/h4,7-8,10,13H,3,5-6,9,11H2,1-2H3. The molecule has 1 aliphatic heterocycles. The van der Waals surface area contributed by atoms with E-state index in [0.717, 1.165) is 42.7 Å². The first-order chi connectivity index (χ1) is 11.1. The zero-order valence-electron chi connectivity index (χ0n) is 13.5. The molecule has 3 rings (SSSR count). The minimum atomic E-state index is -0.363. The van der Waals surface area contributed by atoms with Gasteiger partial charge in [0.25, 0.3) is 5.69 Å². The molecule has 0 aliphatic carbocycles. The van der Waals surface area contributed by atoms with Crippen molar-refractivity contribution in [2.75, 3.05) is 24.6 Å². The molecule has 2 heterocycles. The minimum Gasteiger partial charge on any atom is -0.377 e. The summed E-state index contributed by atoms with van der Waals surface area (Å²) in [7, 11) is 0. The SMILES string of the molecule is CCOC1CCCN(c2cc(C)nc3c([N+](=O)[O-])cccc23)C1. The summed E-state index contributed by atoms with van der Waals surface area (Å²) >= 11 is 0. The van der Waals surface area contributed by atoms with Crippen molar-refractivity contribution in [3.8, 4) is 0 Å². The van der Waals surface area contributed by atoms with Crippen molar-refractivity contribution in [3.63, 3.8) is 0 Å². The van der Waals surface area contributed by atoms with Gasteiger partial charge in [-0.2, -0.15) is 0 Å². The Morgan fingerprint density at radius 2 is 2.30 bits per heavy atom. The van der Waals surface area contributed by atoms with E-state index in [4.69, 9.17) is 4.74 Å². The zero-order chi connectivity index (χ0) is 16.4. The van der Waals surface area contributed by atoms with E-state index < -0.39 is 0 Å². The van der Waals surface area contributed by atoms with Crippen LogP contribution in [0.2, 0.25) is 0 Å². The van der Waals surface area contributed by atoms with E-state index in [0.29, 0.717) is 12.1 Å². The Labute approximate surface area is 135 Å². The maximum Gasteiger partial charge on any atom is 0.295 e. The van der Waals surface area contributed by atoms with Crippen molar-refractivity contribution in [2.45, 2.75) is 32.8 Å². The summed E-state index contributed by atoms with van der Waals surface area (Å²) in [6.07, 6.45) is 2.34. The Hall–Kier alpha value is -2.21. The largest absolute Gasteiger partial charge is 0.377 e. The first-order valence-corrected chi connectivity index (χ1v) is 8.01. The van der Waals surface area contributed by atoms with E-state index in [-0.39, 0.29) is 16.7 Å². The van der Waals surface area contributed by atoms with Crippen LogP contribution in [0.4, 0.5) is 11.4 Å². The van der Waals surface area contributed by atoms with Crippen LogP contribution in [0.15, 0.2) is 24.3 Å². The normalized spacial score (nSPS) is 18.3. The van der Waals surface area contributed by atoms with Gasteiger partial charge in [-0.25, -0.2) is 4.98 Å². The van der Waals surface area contributed by atoms with Gasteiger partial charge in [-0.1, -0.05) is 12.1 Å². The summed E-state index contributed by atoms with van der Waals surface area (Å²) in [4.78, 5) is 17.6. The summed E-state index contributed by atoms with van der Waals surface area (Å²) in [5.74, 6) is 0. The van der Waals surface area contributed by atoms with Gasteiger partial charge < -0.3 is 9.64 Å². The number of nitro benzene ring substituents is 1. The second-order valence-electron chi connectivity index (χ2n) is 5.88. The number of anilines is 1. The lowest BCUT2D eigenvalue weighted by molar-refractivity contribution is -0.383. The molecule has 1 unspecified atom stereocenters. The van der Waals surface area contributed by atoms with Crippen LogP contribution in [0.3, 0.4) is 0 Å². The smallest absolute Gasteiger partial charge is 0.295 e. The fourth-order valence-electron chi connectivity index (χ4n) is 3.28. The summed E-state index contributed by atoms with van der Waals surface area (Å²) < 4.78 is 5.77. The van der Waals surface area contributed by atoms with E-state index >= 15 is 0 Å². The van der Waals surface area contributed by atoms with E-state index in [1.807, 2.05) is 26.0 Å². The van der Waals surface area contributed by atoms with Crippen LogP contribution in [0.1, 0.15) is 25.5 Å². The molecule has 0 saturated carbocycles. The highest BCUT2D eigenvalue weighted by atomic mass is 16.6. The fourth-order valence-corrected chi connectivity index (χ4v) is 3.28. The van der Waals surface area contributed by atoms with Crippen LogP contribution in [0, 0.1) is 17.0 Å². The van der Waals surface area contributed by atoms with Crippen LogP contribution in [0.5, 0.6) is 0 Å². The molecule has 122 valence electrons. The van der Waals surface area contributed by atoms with Crippen LogP contribution in [0.25, 0.3) is 10.9 Å². The summed E-state index contributed by atoms with van der Waals surface area (Å²) in [6, 6.07) is 7.16. The molecule has 1 fully saturated rings. The number of hydrogen-bond donors (Lipinski definition) is 0. The molecule has 1 saturated heterocycles. The van der Waals surface area contributed by atoms with Gasteiger partial charge >= 0.3 is 0 Å². The van der Waals surface area contributed by atoms with E-state index in [2.05, 4.69) is 9.88 Å². The predicted molar refractivity (Wildman–Crippen MR) is 90.0 cm³/mol. The zero-order valence-corrected chi connectivity index (χ0v) is 13.5. The molecule has 1 aromatic heterocycles. The first kappa shape index (κ1) is 15.7. The van der Waals surface area contributed by atoms with Gasteiger partial charge in [-0.15, -0.1) is 0 Å². The number of benzene rings is 1. The second-order valence-corrected chi connectivity index (χ2v) is 5.88. The van der Waals surface area contributed by atoms with Crippen molar-refractivity contribution >= 4 is 22.3 Å². The number of hydrogen-bond acceptors (Lipinski definition) is 5. The number of pyridine rings is 1. The number of nitrogens with zero attached hydrogens (tertiary/aromatic N) is 3. The number of ether oxygens (including phenoxy) is 1. The third-order valence-electron chi connectivity index (χ3n) is 4.24. The van der Waals surface area contributed by atoms with Gasteiger partial charge in [0, 0.05) is 42.5 Å². The van der Waals surface area contributed by atoms with Gasteiger partial charge in [0.1, 0.15) is 0 Å². The molecule has 1 aromatic carbocycles. The molecule has 1 aliphatic rings. The molecule has 2 aromatic rings. The molecule has 0 bridgehead atoms. The van der Waals surface area contributed by atoms with Crippen LogP contribution in [-0.2, 0) is 4.74 Å². The molecule has 6 nitrogen and oxygen atoms in total. The van der Waals surface area contributed by atoms with E-state index in [1.54, 1.807) is 6.07 Å². The number of rotatable bonds is 4. The number of para-hydroxylation sites is 1. The van der Waals surface area contributed by atoms with Crippen LogP contribution in [-0.4, -0.2) is 35.7 Å². The number of piperidine rings is 1. The summed E-state index contributed by atoms with van der Waals surface area (Å²) in [6.45, 7) is 6.35. The summed E-state index contributed by atoms with van der Waals surface area (Å²) in [5.41, 5.74) is 2.33. The lowest BCUT2D eigenvalue weighted by atomic mass is 10.0. The maximum absolute atomic E-state index is 11.3. The van der Waals surface area contributed by atoms with E-state index in [1.165, 1.54) is 6.07 Å². The highest BCUT2D eigenvalue weighted by Crippen LogP contribution is 2.33. The lowest BCUT2D eigenvalue weighted by Gasteiger charge is -2.34. The number of fused-ring (bicyclic) bond motifs is 1. The van der Waals surface area contributed by atoms with Gasteiger partial charge in [-0.05, 0) is 32.8 Å². The highest BCUT2D eigenvalue weighted by molar-refractivity contribution is 5.97. The quantitative estimate of drug-likeness (QED) is 0.638. The average Bonchev–Trinajstić information content (AvgIpc) is 2.54. The Bertz CT molecular complexity index is 730. The van der Waals surface area contributed by atoms with Crippen molar-refractivity contribution in [3.05, 3.63) is 40.1 Å². The molecule has 0 spiro atoms. The van der Waals surface area contributed by atoms with Crippen molar-refractivity contribution in [2.24, 2.45) is 0 Å². The van der Waals surface area contributed by atoms with Gasteiger partial charge in [0.2, 0.25) is 0 Å². The highest BCUT2D eigenvalue weighted by Gasteiger charge is 2.24. The third-order valence-corrected chi connectivity index (χ3v) is 4.24. The molecule has 6 heteroatoms. The Kier molecular flexibility index (Phi) is 4.43. The first-order valence-electron chi connectivity index (χ1n) is 8.01. The van der Waals surface area contributed by atoms with Crippen LogP contribution >= 0.6 is 0 Å². The van der Waals surface area contributed by atoms with E-state index in [9.17, 15) is 10.1 Å². The molecule has 23 heavy (non-hydrogen) atoms. The molecule has 0 amide bonds. The maximum atomic E-state index is 11.3. The minimum absolute atomic E-state index is 0.0609. The topological polar surface area (TPSA) is 68.5 Å². The number of non-ortho nitro benzene ring substituents is 1. The van der Waals surface area contributed by atoms with Crippen LogP contribution < -0.4 is 4.90 Å². The van der Waals surface area contributed by atoms with Crippen molar-refractivity contribution in [1.29, 1.82) is 0 Å². The van der Waals surface area contributed by atoms with Crippen molar-refractivity contribution in [1.82, 2.24) is 4.98 Å². The molecule has 0 radical (unpaired) electrons. The second kappa shape index (κ2) is 6.50. The van der Waals surface area contributed by atoms with Gasteiger partial charge in [-0.3, -0.25) is 10.1 Å². The molecular weight excluding hydrogens is 294 g/mol. The number of nitro groups is 1. The Morgan fingerprint density at radius 3 is 3.04 bits per heavy atom. The number of aryl methyl sites for hydroxylation is 1. The third kappa shape index (κ3) is 3.12. The Morgan fingerprint density at radius 1 is 1.48 bits per heavy atom. The monoisotopic (exact) mass is 315 g/mol. The van der Waals surface area contributed by atoms with Gasteiger partial charge in [0.15, 0.2) is 5.52 Å². The average molecular weight is 315 g/mol. The number of aromatic nitrogens is 1. The predicted octanol–water partition coefficient (Wildman–Crippen LogP) is 3.46. The fraction of sp³-hybridized carbons (Fsp3) is 0.471. The molecule has 1 atom stereocenters. The molecular formula is C17H21N3O3.